The predicted molar refractivity (Wildman–Crippen MR) is 103 cm³/mol. The Morgan fingerprint density at radius 1 is 1.15 bits per heavy atom. The number of hydrogen-bond donors (Lipinski definition) is 1. The first-order chi connectivity index (χ1) is 13.3. The molecule has 0 bridgehead atoms. The Kier molecular flexibility index (Phi) is 5.34. The fourth-order valence-electron chi connectivity index (χ4n) is 3.61. The molecule has 27 heavy (non-hydrogen) atoms. The quantitative estimate of drug-likeness (QED) is 0.728. The number of furan rings is 1. The molecule has 1 unspecified atom stereocenters. The van der Waals surface area contributed by atoms with Crippen molar-refractivity contribution in [1.29, 1.82) is 0 Å². The summed E-state index contributed by atoms with van der Waals surface area (Å²) < 4.78 is 7.55. The lowest BCUT2D eigenvalue weighted by atomic mass is 10.1. The van der Waals surface area contributed by atoms with Crippen LogP contribution in [0.15, 0.2) is 65.8 Å². The van der Waals surface area contributed by atoms with Gasteiger partial charge in [0.05, 0.1) is 18.6 Å². The van der Waals surface area contributed by atoms with E-state index in [1.165, 1.54) is 19.3 Å². The summed E-state index contributed by atoms with van der Waals surface area (Å²) >= 11 is 0. The number of imidazole rings is 1. The number of amides is 1. The molecule has 1 N–H and O–H groups in total. The van der Waals surface area contributed by atoms with Gasteiger partial charge in [0.1, 0.15) is 5.76 Å². The highest BCUT2D eigenvalue weighted by molar-refractivity contribution is 5.94. The third-order valence-electron chi connectivity index (χ3n) is 5.09. The van der Waals surface area contributed by atoms with Gasteiger partial charge in [-0.25, -0.2) is 4.98 Å². The summed E-state index contributed by atoms with van der Waals surface area (Å²) in [4.78, 5) is 19.1. The lowest BCUT2D eigenvalue weighted by molar-refractivity contribution is 0.0914. The second-order valence-corrected chi connectivity index (χ2v) is 6.85. The number of piperidine rings is 1. The van der Waals surface area contributed by atoms with Crippen LogP contribution in [-0.2, 0) is 0 Å². The largest absolute Gasteiger partial charge is 0.468 e. The number of likely N-dealkylation sites (tertiary alicyclic amines) is 1. The molecule has 0 spiro atoms. The summed E-state index contributed by atoms with van der Waals surface area (Å²) in [6, 6.07) is 11.5. The van der Waals surface area contributed by atoms with Gasteiger partial charge in [-0.3, -0.25) is 9.69 Å². The molecule has 6 nitrogen and oxygen atoms in total. The average molecular weight is 364 g/mol. The average Bonchev–Trinajstić information content (AvgIpc) is 3.43. The van der Waals surface area contributed by atoms with Crippen LogP contribution < -0.4 is 5.32 Å². The molecule has 1 atom stereocenters. The Bertz CT molecular complexity index is 835. The molecule has 1 aliphatic rings. The van der Waals surface area contributed by atoms with Crippen LogP contribution in [0.2, 0.25) is 0 Å². The van der Waals surface area contributed by atoms with Crippen molar-refractivity contribution < 1.29 is 9.21 Å². The zero-order chi connectivity index (χ0) is 18.5. The second kappa shape index (κ2) is 8.22. The highest BCUT2D eigenvalue weighted by Crippen LogP contribution is 2.24. The fourth-order valence-corrected chi connectivity index (χ4v) is 3.61. The van der Waals surface area contributed by atoms with E-state index in [2.05, 4.69) is 15.2 Å². The van der Waals surface area contributed by atoms with Crippen molar-refractivity contribution >= 4 is 5.91 Å². The van der Waals surface area contributed by atoms with Gasteiger partial charge >= 0.3 is 0 Å². The standard InChI is InChI=1S/C21H24N4O2/c26-21(17-6-8-18(9-7-17)25-13-10-22-16-25)23-15-19(20-5-4-14-27-20)24-11-2-1-3-12-24/h4-10,13-14,16,19H,1-3,11-12,15H2,(H,23,26). The Morgan fingerprint density at radius 2 is 1.96 bits per heavy atom. The van der Waals surface area contributed by atoms with Crippen LogP contribution in [0, 0.1) is 0 Å². The Hall–Kier alpha value is -2.86. The molecule has 2 aromatic heterocycles. The number of hydrogen-bond acceptors (Lipinski definition) is 4. The molecule has 1 fully saturated rings. The molecular weight excluding hydrogens is 340 g/mol. The highest BCUT2D eigenvalue weighted by atomic mass is 16.3. The summed E-state index contributed by atoms with van der Waals surface area (Å²) in [6.45, 7) is 2.62. The maximum Gasteiger partial charge on any atom is 0.251 e. The third kappa shape index (κ3) is 4.11. The summed E-state index contributed by atoms with van der Waals surface area (Å²) in [6.07, 6.45) is 10.7. The molecule has 1 amide bonds. The Labute approximate surface area is 158 Å². The summed E-state index contributed by atoms with van der Waals surface area (Å²) in [5, 5.41) is 3.08. The zero-order valence-corrected chi connectivity index (χ0v) is 15.3. The molecule has 0 saturated carbocycles. The lowest BCUT2D eigenvalue weighted by Crippen LogP contribution is -2.40. The van der Waals surface area contributed by atoms with Gasteiger partial charge in [-0.2, -0.15) is 0 Å². The van der Waals surface area contributed by atoms with Crippen molar-refractivity contribution in [2.24, 2.45) is 0 Å². The summed E-state index contributed by atoms with van der Waals surface area (Å²) in [5.41, 5.74) is 1.63. The van der Waals surface area contributed by atoms with E-state index >= 15 is 0 Å². The first-order valence-electron chi connectivity index (χ1n) is 9.45. The molecular formula is C21H24N4O2. The van der Waals surface area contributed by atoms with Gasteiger partial charge in [0.25, 0.3) is 5.91 Å². The number of carbonyl (C=O) groups is 1. The molecule has 140 valence electrons. The van der Waals surface area contributed by atoms with Gasteiger partial charge < -0.3 is 14.3 Å². The van der Waals surface area contributed by atoms with E-state index in [0.717, 1.165) is 24.5 Å². The number of nitrogens with one attached hydrogen (secondary N) is 1. The van der Waals surface area contributed by atoms with E-state index in [0.29, 0.717) is 12.1 Å². The zero-order valence-electron chi connectivity index (χ0n) is 15.3. The number of rotatable bonds is 6. The predicted octanol–water partition coefficient (Wildman–Crippen LogP) is 3.42. The van der Waals surface area contributed by atoms with Crippen LogP contribution in [0.4, 0.5) is 0 Å². The van der Waals surface area contributed by atoms with Crippen LogP contribution in [0.3, 0.4) is 0 Å². The third-order valence-corrected chi connectivity index (χ3v) is 5.09. The van der Waals surface area contributed by atoms with E-state index in [1.807, 2.05) is 47.2 Å². The number of nitrogens with zero attached hydrogens (tertiary/aromatic N) is 3. The lowest BCUT2D eigenvalue weighted by Gasteiger charge is -2.33. The van der Waals surface area contributed by atoms with E-state index < -0.39 is 0 Å². The molecule has 6 heteroatoms. The minimum absolute atomic E-state index is 0.0688. The van der Waals surface area contributed by atoms with Crippen molar-refractivity contribution in [2.75, 3.05) is 19.6 Å². The van der Waals surface area contributed by atoms with E-state index in [9.17, 15) is 4.79 Å². The smallest absolute Gasteiger partial charge is 0.251 e. The number of aromatic nitrogens is 2. The fraction of sp³-hybridized carbons (Fsp3) is 0.333. The maximum absolute atomic E-state index is 12.6. The van der Waals surface area contributed by atoms with E-state index in [1.54, 1.807) is 18.8 Å². The van der Waals surface area contributed by atoms with Crippen molar-refractivity contribution in [3.05, 3.63) is 72.7 Å². The van der Waals surface area contributed by atoms with Crippen molar-refractivity contribution in [2.45, 2.75) is 25.3 Å². The van der Waals surface area contributed by atoms with Gasteiger partial charge in [0.15, 0.2) is 0 Å². The monoisotopic (exact) mass is 364 g/mol. The molecule has 0 radical (unpaired) electrons. The number of benzene rings is 1. The van der Waals surface area contributed by atoms with Gasteiger partial charge in [-0.1, -0.05) is 6.42 Å². The van der Waals surface area contributed by atoms with Crippen molar-refractivity contribution in [1.82, 2.24) is 19.8 Å². The molecule has 1 aromatic carbocycles. The van der Waals surface area contributed by atoms with E-state index in [4.69, 9.17) is 4.42 Å². The van der Waals surface area contributed by atoms with Crippen LogP contribution in [-0.4, -0.2) is 40.0 Å². The first-order valence-corrected chi connectivity index (χ1v) is 9.45. The molecule has 4 rings (SSSR count). The van der Waals surface area contributed by atoms with Crippen LogP contribution in [0.5, 0.6) is 0 Å². The topological polar surface area (TPSA) is 63.3 Å². The molecule has 3 aromatic rings. The van der Waals surface area contributed by atoms with E-state index in [-0.39, 0.29) is 11.9 Å². The molecule has 0 aliphatic carbocycles. The second-order valence-electron chi connectivity index (χ2n) is 6.85. The van der Waals surface area contributed by atoms with Crippen molar-refractivity contribution in [3.63, 3.8) is 0 Å². The van der Waals surface area contributed by atoms with Gasteiger partial charge in [0.2, 0.25) is 0 Å². The van der Waals surface area contributed by atoms with Gasteiger partial charge in [-0.15, -0.1) is 0 Å². The SMILES string of the molecule is O=C(NCC(c1ccco1)N1CCCCC1)c1ccc(-n2ccnc2)cc1. The Morgan fingerprint density at radius 3 is 2.63 bits per heavy atom. The molecule has 1 aliphatic heterocycles. The van der Waals surface area contributed by atoms with Crippen molar-refractivity contribution in [3.8, 4) is 5.69 Å². The maximum atomic E-state index is 12.6. The molecule has 1 saturated heterocycles. The van der Waals surface area contributed by atoms with Gasteiger partial charge in [-0.05, 0) is 62.3 Å². The number of carbonyl (C=O) groups excluding carboxylic acids is 1. The first kappa shape index (κ1) is 17.5. The molecule has 3 heterocycles. The van der Waals surface area contributed by atoms with Gasteiger partial charge in [0, 0.05) is 30.2 Å². The Balaban J connectivity index is 1.41. The van der Waals surface area contributed by atoms with Crippen LogP contribution >= 0.6 is 0 Å². The minimum Gasteiger partial charge on any atom is -0.468 e. The minimum atomic E-state index is -0.0688. The summed E-state index contributed by atoms with van der Waals surface area (Å²) in [7, 11) is 0. The van der Waals surface area contributed by atoms with Crippen LogP contribution in [0.1, 0.15) is 41.4 Å². The normalized spacial score (nSPS) is 16.1. The van der Waals surface area contributed by atoms with Crippen LogP contribution in [0.25, 0.3) is 5.69 Å². The summed E-state index contributed by atoms with van der Waals surface area (Å²) in [5.74, 6) is 0.841. The highest BCUT2D eigenvalue weighted by Gasteiger charge is 2.25.